The third-order valence-corrected chi connectivity index (χ3v) is 18.4. The zero-order valence-electron chi connectivity index (χ0n) is 57.6. The van der Waals surface area contributed by atoms with E-state index in [2.05, 4.69) is 43.6 Å². The maximum Gasteiger partial charge on any atom is 2.00 e. The van der Waals surface area contributed by atoms with Gasteiger partial charge in [0.05, 0.1) is 45.6 Å². The molecule has 0 unspecified atom stereocenters. The fourth-order valence-corrected chi connectivity index (χ4v) is 12.7. The fourth-order valence-electron chi connectivity index (χ4n) is 12.7. The Kier molecular flexibility index (Phi) is 21.3. The van der Waals surface area contributed by atoms with Crippen LogP contribution in [0.1, 0.15) is 67.8 Å². The first-order chi connectivity index (χ1) is 53.4. The van der Waals surface area contributed by atoms with E-state index in [1.807, 2.05) is 0 Å². The number of hydrogen-bond acceptors (Lipinski definition) is 4. The summed E-state index contributed by atoms with van der Waals surface area (Å²) < 4.78 is 392. The van der Waals surface area contributed by atoms with Gasteiger partial charge in [-0.3, -0.25) is 0 Å². The third-order valence-electron chi connectivity index (χ3n) is 18.4. The number of benzene rings is 4. The molecule has 0 atom stereocenters. The Labute approximate surface area is 659 Å². The SMILES string of the molecule is FC(F)(F)C(F)(F)C(F)(F)C(F)(F)C(F)(F)C(F)(F)c1c2nc(c(-c3ccccc3)c3ccc([n-]3)c(C#CC#Cc3c4nc(c(-c5ccccc5)c5ccc([n-]5)c(C(F)(F)C(F)(F)C(F)(F)C(F)(F)C(F)(F)C(F)(F)F)c5nc(c(-c6ccccc6)c6ccc3[n-]6)C=C5)C=C4)c3nc(c(-c4ccccc4)c4ccc1[n-]4)C=C3)C=C2.[Zn+2].[Zn+2]. The van der Waals surface area contributed by atoms with Crippen LogP contribution in [0.3, 0.4) is 0 Å². The van der Waals surface area contributed by atoms with Gasteiger partial charge >= 0.3 is 111 Å². The first kappa shape index (κ1) is 84.0. The number of rotatable bonds is 14. The minimum atomic E-state index is -8.26. The van der Waals surface area contributed by atoms with Gasteiger partial charge in [0.1, 0.15) is 0 Å². The molecule has 16 bridgehead atoms. The second-order valence-electron chi connectivity index (χ2n) is 25.4. The first-order valence-electron chi connectivity index (χ1n) is 32.7. The molecule has 0 fully saturated rings. The monoisotopic (exact) mass is 1730 g/mol. The van der Waals surface area contributed by atoms with Crippen molar-refractivity contribution in [2.24, 2.45) is 0 Å². The number of alkyl halides is 26. The minimum absolute atomic E-state index is 0. The molecule has 14 rings (SSSR count). The molecule has 0 spiro atoms. The van der Waals surface area contributed by atoms with Crippen LogP contribution in [0, 0.1) is 23.7 Å². The fraction of sp³-hybridized carbons (Fsp3) is 0.150. The van der Waals surface area contributed by atoms with Crippen LogP contribution in [0.25, 0.3) is 137 Å². The topological polar surface area (TPSA) is 108 Å². The Bertz CT molecular complexity index is 5740. The van der Waals surface area contributed by atoms with E-state index in [9.17, 15) is 61.5 Å². The molecule has 0 aliphatic carbocycles. The summed E-state index contributed by atoms with van der Waals surface area (Å²) in [5.41, 5.74) is -14.1. The van der Waals surface area contributed by atoms with Crippen LogP contribution in [0.2, 0.25) is 0 Å². The van der Waals surface area contributed by atoms with Gasteiger partial charge in [0.2, 0.25) is 0 Å². The van der Waals surface area contributed by atoms with Gasteiger partial charge in [0.15, 0.2) is 0 Å². The van der Waals surface area contributed by atoms with Gasteiger partial charge in [-0.25, -0.2) is 19.9 Å². The molecule has 0 amide bonds. The number of aromatic nitrogens is 8. The van der Waals surface area contributed by atoms with Gasteiger partial charge in [-0.05, 0) is 105 Å². The standard InChI is InChI=1S/C80H36F26N8.2Zn/c81-69(82,71(85,86)73(89,90)75(93,94)77(97,98)79(101,102)103)67-59-37-33-55(111-59)63(41-15-5-1-6-16-41)51-29-25-47(107-51)45(48-26-30-52(108-48)64(42-17-7-2-8-18-42)56-34-38-60(67)112-56)23-13-14-24-46-49-27-31-53(109-49)65(43-19-9-3-10-20-43)57-35-39-61(113-57)68(70(83,84)72(87,88)74(91,92)76(95,96)78(99,100)80(104,105)106)62-40-36-58(114-62)66(44-21-11-4-12-22-44)54-32-28-50(46)110-54;;/h1-12,15-22,25-40H;;/q-4;2*+2. The number of nitrogens with zero attached hydrogens (tertiary/aromatic N) is 8. The summed E-state index contributed by atoms with van der Waals surface area (Å²) in [5, 5.41) is 0. The van der Waals surface area contributed by atoms with Crippen molar-refractivity contribution in [2.45, 2.75) is 71.6 Å². The molecule has 0 radical (unpaired) electrons. The normalized spacial score (nSPS) is 13.7. The van der Waals surface area contributed by atoms with E-state index in [0.29, 0.717) is 24.3 Å². The van der Waals surface area contributed by atoms with Crippen molar-refractivity contribution in [3.8, 4) is 68.2 Å². The van der Waals surface area contributed by atoms with Crippen molar-refractivity contribution in [1.82, 2.24) is 39.9 Å². The van der Waals surface area contributed by atoms with E-state index in [1.54, 1.807) is 0 Å². The van der Waals surface area contributed by atoms with Crippen molar-refractivity contribution in [3.63, 3.8) is 0 Å². The molecule has 582 valence electrons. The number of halogens is 26. The zero-order chi connectivity index (χ0) is 82.1. The predicted octanol–water partition coefficient (Wildman–Crippen LogP) is 22.6. The predicted molar refractivity (Wildman–Crippen MR) is 369 cm³/mol. The second kappa shape index (κ2) is 29.4. The van der Waals surface area contributed by atoms with Gasteiger partial charge < -0.3 is 19.9 Å². The molecular weight excluding hydrogens is 1700 g/mol. The molecule has 8 nitrogen and oxygen atoms in total. The summed E-state index contributed by atoms with van der Waals surface area (Å²) in [4.78, 5) is 35.4. The molecule has 10 heterocycles. The van der Waals surface area contributed by atoms with Crippen LogP contribution < -0.4 is 19.9 Å². The summed E-state index contributed by atoms with van der Waals surface area (Å²) in [5.74, 6) is -67.1. The summed E-state index contributed by atoms with van der Waals surface area (Å²) in [7, 11) is 0. The van der Waals surface area contributed by atoms with Crippen molar-refractivity contribution < 1.29 is 153 Å². The van der Waals surface area contributed by atoms with Crippen LogP contribution >= 0.6 is 0 Å². The van der Waals surface area contributed by atoms with Gasteiger partial charge in [-0.2, -0.15) is 114 Å². The van der Waals surface area contributed by atoms with Gasteiger partial charge in [-0.1, -0.05) is 182 Å². The van der Waals surface area contributed by atoms with Crippen LogP contribution in [0.4, 0.5) is 114 Å². The van der Waals surface area contributed by atoms with E-state index in [-0.39, 0.29) is 139 Å². The summed E-state index contributed by atoms with van der Waals surface area (Å²) in [6, 6.07) is 36.8. The third kappa shape index (κ3) is 13.4. The number of fused-ring (bicyclic) bond motifs is 16. The Morgan fingerprint density at radius 1 is 0.216 bits per heavy atom. The summed E-state index contributed by atoms with van der Waals surface area (Å²) in [6.07, 6.45) is -7.34. The maximum absolute atomic E-state index is 17.1. The van der Waals surface area contributed by atoms with E-state index in [0.717, 1.165) is 24.3 Å². The van der Waals surface area contributed by atoms with Crippen LogP contribution in [-0.4, -0.2) is 79.7 Å². The average Bonchev–Trinajstić information content (AvgIpc) is 0.826. The van der Waals surface area contributed by atoms with E-state index in [4.69, 9.17) is 19.9 Å². The van der Waals surface area contributed by atoms with E-state index < -0.39 is 128 Å². The van der Waals surface area contributed by atoms with Gasteiger partial charge in [-0.15, -0.1) is 44.1 Å². The maximum atomic E-state index is 17.1. The van der Waals surface area contributed by atoms with Gasteiger partial charge in [0, 0.05) is 22.3 Å². The largest absolute Gasteiger partial charge is 2.00 e. The Morgan fingerprint density at radius 3 is 0.681 bits per heavy atom. The molecule has 36 heteroatoms. The van der Waals surface area contributed by atoms with Crippen molar-refractivity contribution >= 4 is 92.7 Å². The molecule has 116 heavy (non-hydrogen) atoms. The van der Waals surface area contributed by atoms with Crippen molar-refractivity contribution in [2.75, 3.05) is 0 Å². The molecule has 6 aromatic heterocycles. The smallest absolute Gasteiger partial charge is 0.657 e. The minimum Gasteiger partial charge on any atom is -0.657 e. The Hall–Kier alpha value is -11.4. The molecule has 4 aromatic carbocycles. The summed E-state index contributed by atoms with van der Waals surface area (Å²) >= 11 is 0. The molecule has 10 aromatic rings. The van der Waals surface area contributed by atoms with Crippen molar-refractivity contribution in [1.29, 1.82) is 0 Å². The number of hydrogen-bond donors (Lipinski definition) is 0. The second-order valence-corrected chi connectivity index (χ2v) is 25.4. The summed E-state index contributed by atoms with van der Waals surface area (Å²) in [6.45, 7) is 0. The molecular formula is C80H36F26N8Zn2. The first-order valence-corrected chi connectivity index (χ1v) is 32.7. The molecule has 4 aliphatic heterocycles. The van der Waals surface area contributed by atoms with E-state index >= 15 is 52.7 Å². The Morgan fingerprint density at radius 2 is 0.422 bits per heavy atom. The quantitative estimate of drug-likeness (QED) is 0.0602. The zero-order valence-corrected chi connectivity index (χ0v) is 63.5. The Balaban J connectivity index is 0.00000620. The molecule has 4 aliphatic rings. The molecule has 0 N–H and O–H groups in total. The van der Waals surface area contributed by atoms with Crippen LogP contribution in [-0.2, 0) is 50.8 Å². The van der Waals surface area contributed by atoms with E-state index in [1.165, 1.54) is 170 Å². The average molecular weight is 1730 g/mol. The van der Waals surface area contributed by atoms with Crippen LogP contribution in [0.15, 0.2) is 170 Å². The van der Waals surface area contributed by atoms with Gasteiger partial charge in [0.25, 0.3) is 0 Å². The molecule has 0 saturated carbocycles. The molecule has 0 saturated heterocycles. The van der Waals surface area contributed by atoms with Crippen LogP contribution in [0.5, 0.6) is 0 Å². The van der Waals surface area contributed by atoms with Crippen molar-refractivity contribution in [3.05, 3.63) is 238 Å².